The van der Waals surface area contributed by atoms with E-state index in [1.165, 1.54) is 7.11 Å². The number of methoxy groups -OCH3 is 1. The summed E-state index contributed by atoms with van der Waals surface area (Å²) >= 11 is 6.02. The van der Waals surface area contributed by atoms with Gasteiger partial charge in [0.2, 0.25) is 5.91 Å². The zero-order chi connectivity index (χ0) is 17.5. The van der Waals surface area contributed by atoms with Gasteiger partial charge in [-0.3, -0.25) is 9.59 Å². The third-order valence-electron chi connectivity index (χ3n) is 4.27. The van der Waals surface area contributed by atoms with Crippen LogP contribution in [-0.2, 0) is 4.79 Å². The van der Waals surface area contributed by atoms with Gasteiger partial charge in [0.1, 0.15) is 5.75 Å². The van der Waals surface area contributed by atoms with Crippen molar-refractivity contribution in [2.45, 2.75) is 32.6 Å². The Morgan fingerprint density at radius 2 is 1.88 bits per heavy atom. The molecule has 1 aromatic rings. The molecule has 6 heteroatoms. The largest absolute Gasteiger partial charge is 0.496 e. The van der Waals surface area contributed by atoms with E-state index >= 15 is 0 Å². The molecular formula is C18H25ClN2O3. The van der Waals surface area contributed by atoms with Gasteiger partial charge in [0.25, 0.3) is 5.91 Å². The molecule has 1 heterocycles. The summed E-state index contributed by atoms with van der Waals surface area (Å²) in [6, 6.07) is 5.04. The second-order valence-electron chi connectivity index (χ2n) is 5.97. The Labute approximate surface area is 148 Å². The van der Waals surface area contributed by atoms with Crippen LogP contribution in [0, 0.1) is 0 Å². The first kappa shape index (κ1) is 18.6. The SMILES string of the molecule is CCCCC(=O)N1CCCN(C(=O)c2cc(Cl)ccc2OC)CC1. The first-order valence-electron chi connectivity index (χ1n) is 8.47. The fourth-order valence-corrected chi connectivity index (χ4v) is 3.05. The van der Waals surface area contributed by atoms with Gasteiger partial charge in [0, 0.05) is 37.6 Å². The lowest BCUT2D eigenvalue weighted by atomic mass is 10.1. The summed E-state index contributed by atoms with van der Waals surface area (Å²) < 4.78 is 5.28. The van der Waals surface area contributed by atoms with Crippen molar-refractivity contribution in [1.29, 1.82) is 0 Å². The molecule has 0 bridgehead atoms. The van der Waals surface area contributed by atoms with Crippen molar-refractivity contribution >= 4 is 23.4 Å². The van der Waals surface area contributed by atoms with Crippen LogP contribution in [0.1, 0.15) is 43.0 Å². The number of benzene rings is 1. The molecule has 1 fully saturated rings. The van der Waals surface area contributed by atoms with Crippen molar-refractivity contribution < 1.29 is 14.3 Å². The minimum atomic E-state index is -0.0998. The molecule has 0 atom stereocenters. The molecule has 0 aromatic heterocycles. The highest BCUT2D eigenvalue weighted by Crippen LogP contribution is 2.24. The van der Waals surface area contributed by atoms with E-state index in [1.54, 1.807) is 23.1 Å². The predicted octanol–water partition coefficient (Wildman–Crippen LogP) is 3.21. The summed E-state index contributed by atoms with van der Waals surface area (Å²) in [6.07, 6.45) is 3.30. The molecule has 2 amide bonds. The summed E-state index contributed by atoms with van der Waals surface area (Å²) in [7, 11) is 1.54. The van der Waals surface area contributed by atoms with Crippen molar-refractivity contribution in [1.82, 2.24) is 9.80 Å². The van der Waals surface area contributed by atoms with E-state index in [9.17, 15) is 9.59 Å². The zero-order valence-electron chi connectivity index (χ0n) is 14.4. The Morgan fingerprint density at radius 3 is 2.58 bits per heavy atom. The molecule has 1 aliphatic rings. The van der Waals surface area contributed by atoms with Crippen LogP contribution in [0.5, 0.6) is 5.75 Å². The van der Waals surface area contributed by atoms with Gasteiger partial charge >= 0.3 is 0 Å². The lowest BCUT2D eigenvalue weighted by Gasteiger charge is -2.23. The highest BCUT2D eigenvalue weighted by molar-refractivity contribution is 6.31. The molecule has 132 valence electrons. The molecular weight excluding hydrogens is 328 g/mol. The highest BCUT2D eigenvalue weighted by atomic mass is 35.5. The van der Waals surface area contributed by atoms with E-state index < -0.39 is 0 Å². The summed E-state index contributed by atoms with van der Waals surface area (Å²) in [6.45, 7) is 4.53. The number of carbonyl (C=O) groups is 2. The highest BCUT2D eigenvalue weighted by Gasteiger charge is 2.24. The molecule has 0 N–H and O–H groups in total. The van der Waals surface area contributed by atoms with Crippen LogP contribution in [-0.4, -0.2) is 54.9 Å². The van der Waals surface area contributed by atoms with Crippen LogP contribution < -0.4 is 4.74 Å². The van der Waals surface area contributed by atoms with Gasteiger partial charge in [-0.2, -0.15) is 0 Å². The second kappa shape index (κ2) is 8.92. The number of hydrogen-bond donors (Lipinski definition) is 0. The van der Waals surface area contributed by atoms with Crippen LogP contribution in [0.2, 0.25) is 5.02 Å². The summed E-state index contributed by atoms with van der Waals surface area (Å²) in [5, 5.41) is 0.505. The minimum absolute atomic E-state index is 0.0998. The molecule has 24 heavy (non-hydrogen) atoms. The van der Waals surface area contributed by atoms with Gasteiger partial charge in [0.15, 0.2) is 0 Å². The van der Waals surface area contributed by atoms with E-state index in [4.69, 9.17) is 16.3 Å². The first-order valence-corrected chi connectivity index (χ1v) is 8.85. The fraction of sp³-hybridized carbons (Fsp3) is 0.556. The Balaban J connectivity index is 2.04. The first-order chi connectivity index (χ1) is 11.6. The number of amides is 2. The maximum atomic E-state index is 12.8. The number of carbonyl (C=O) groups excluding carboxylic acids is 2. The normalized spacial score (nSPS) is 15.1. The van der Waals surface area contributed by atoms with E-state index in [0.717, 1.165) is 19.3 Å². The average Bonchev–Trinajstić information content (AvgIpc) is 2.85. The molecule has 1 saturated heterocycles. The fourth-order valence-electron chi connectivity index (χ4n) is 2.87. The number of hydrogen-bond acceptors (Lipinski definition) is 3. The molecule has 0 saturated carbocycles. The van der Waals surface area contributed by atoms with E-state index in [1.807, 2.05) is 4.90 Å². The average molecular weight is 353 g/mol. The third kappa shape index (κ3) is 4.63. The molecule has 0 radical (unpaired) electrons. The van der Waals surface area contributed by atoms with Crippen molar-refractivity contribution in [3.8, 4) is 5.75 Å². The molecule has 2 rings (SSSR count). The Bertz CT molecular complexity index is 592. The molecule has 1 aliphatic heterocycles. The lowest BCUT2D eigenvalue weighted by molar-refractivity contribution is -0.131. The number of rotatable bonds is 5. The van der Waals surface area contributed by atoms with Crippen LogP contribution in [0.15, 0.2) is 18.2 Å². The predicted molar refractivity (Wildman–Crippen MR) is 94.6 cm³/mol. The monoisotopic (exact) mass is 352 g/mol. The van der Waals surface area contributed by atoms with E-state index in [0.29, 0.717) is 48.9 Å². The summed E-state index contributed by atoms with van der Waals surface area (Å²) in [5.41, 5.74) is 0.468. The number of nitrogens with zero attached hydrogens (tertiary/aromatic N) is 2. The molecule has 0 aliphatic carbocycles. The van der Waals surface area contributed by atoms with Crippen molar-refractivity contribution in [2.75, 3.05) is 33.3 Å². The number of halogens is 1. The topological polar surface area (TPSA) is 49.9 Å². The van der Waals surface area contributed by atoms with Gasteiger partial charge in [-0.05, 0) is 31.0 Å². The van der Waals surface area contributed by atoms with E-state index in [-0.39, 0.29) is 11.8 Å². The molecule has 0 unspecified atom stereocenters. The quantitative estimate of drug-likeness (QED) is 0.817. The van der Waals surface area contributed by atoms with Crippen molar-refractivity contribution in [3.05, 3.63) is 28.8 Å². The number of ether oxygens (including phenoxy) is 1. The van der Waals surface area contributed by atoms with Gasteiger partial charge in [-0.25, -0.2) is 0 Å². The van der Waals surface area contributed by atoms with Crippen LogP contribution in [0.4, 0.5) is 0 Å². The maximum Gasteiger partial charge on any atom is 0.257 e. The summed E-state index contributed by atoms with van der Waals surface area (Å²) in [5.74, 6) is 0.605. The van der Waals surface area contributed by atoms with Gasteiger partial charge in [0.05, 0.1) is 12.7 Å². The molecule has 1 aromatic carbocycles. The maximum absolute atomic E-state index is 12.8. The van der Waals surface area contributed by atoms with Crippen molar-refractivity contribution in [2.24, 2.45) is 0 Å². The standard InChI is InChI=1S/C18H25ClN2O3/c1-3-4-6-17(22)20-9-5-10-21(12-11-20)18(23)15-13-14(19)7-8-16(15)24-2/h7-8,13H,3-6,9-12H2,1-2H3. The summed E-state index contributed by atoms with van der Waals surface area (Å²) in [4.78, 5) is 28.7. The smallest absolute Gasteiger partial charge is 0.257 e. The number of unbranched alkanes of at least 4 members (excludes halogenated alkanes) is 1. The van der Waals surface area contributed by atoms with Crippen LogP contribution in [0.25, 0.3) is 0 Å². The van der Waals surface area contributed by atoms with Gasteiger partial charge in [-0.1, -0.05) is 24.9 Å². The Hall–Kier alpha value is -1.75. The van der Waals surface area contributed by atoms with Crippen molar-refractivity contribution in [3.63, 3.8) is 0 Å². The third-order valence-corrected chi connectivity index (χ3v) is 4.51. The zero-order valence-corrected chi connectivity index (χ0v) is 15.1. The molecule has 0 spiro atoms. The van der Waals surface area contributed by atoms with Gasteiger partial charge in [-0.15, -0.1) is 0 Å². The Morgan fingerprint density at radius 1 is 1.17 bits per heavy atom. The molecule has 5 nitrogen and oxygen atoms in total. The van der Waals surface area contributed by atoms with Crippen LogP contribution >= 0.6 is 11.6 Å². The van der Waals surface area contributed by atoms with Gasteiger partial charge < -0.3 is 14.5 Å². The Kier molecular flexibility index (Phi) is 6.91. The van der Waals surface area contributed by atoms with E-state index in [2.05, 4.69) is 6.92 Å². The second-order valence-corrected chi connectivity index (χ2v) is 6.41. The minimum Gasteiger partial charge on any atom is -0.496 e. The van der Waals surface area contributed by atoms with Crippen LogP contribution in [0.3, 0.4) is 0 Å². The lowest BCUT2D eigenvalue weighted by Crippen LogP contribution is -2.37.